The Bertz CT molecular complexity index is 507. The first-order chi connectivity index (χ1) is 8.36. The summed E-state index contributed by atoms with van der Waals surface area (Å²) in [6.45, 7) is 5.27. The van der Waals surface area contributed by atoms with Crippen molar-refractivity contribution in [3.63, 3.8) is 0 Å². The second-order valence-corrected chi connectivity index (χ2v) is 4.26. The highest BCUT2D eigenvalue weighted by Crippen LogP contribution is 2.20. The van der Waals surface area contributed by atoms with Gasteiger partial charge in [-0.25, -0.2) is 9.97 Å². The van der Waals surface area contributed by atoms with Crippen LogP contribution >= 0.6 is 0 Å². The van der Waals surface area contributed by atoms with E-state index in [1.165, 1.54) is 5.56 Å². The van der Waals surface area contributed by atoms with E-state index in [-0.39, 0.29) is 0 Å². The smallest absolute Gasteiger partial charge is 0.195 e. The van der Waals surface area contributed by atoms with E-state index in [0.717, 1.165) is 37.5 Å². The van der Waals surface area contributed by atoms with E-state index >= 15 is 0 Å². The fourth-order valence-corrected chi connectivity index (χ4v) is 2.15. The highest BCUT2D eigenvalue weighted by molar-refractivity contribution is 5.46. The van der Waals surface area contributed by atoms with Crippen LogP contribution in [0, 0.1) is 0 Å². The molecule has 0 atom stereocenters. The minimum absolute atomic E-state index is 0.687. The largest absolute Gasteiger partial charge is 0.461 e. The highest BCUT2D eigenvalue weighted by atomic mass is 16.3. The van der Waals surface area contributed by atoms with Crippen LogP contribution in [0.4, 0.5) is 0 Å². The van der Waals surface area contributed by atoms with Crippen molar-refractivity contribution in [3.05, 3.63) is 35.9 Å². The molecule has 0 N–H and O–H groups in total. The van der Waals surface area contributed by atoms with Crippen LogP contribution in [0.2, 0.25) is 0 Å². The Kier molecular flexibility index (Phi) is 2.65. The second-order valence-electron chi connectivity index (χ2n) is 4.26. The summed E-state index contributed by atoms with van der Waals surface area (Å²) < 4.78 is 5.33. The first-order valence-electron chi connectivity index (χ1n) is 5.98. The lowest BCUT2D eigenvalue weighted by molar-refractivity contribution is 0.263. The van der Waals surface area contributed by atoms with Gasteiger partial charge in [0.05, 0.1) is 12.0 Å². The van der Waals surface area contributed by atoms with Gasteiger partial charge < -0.3 is 4.42 Å². The van der Waals surface area contributed by atoms with Crippen molar-refractivity contribution in [1.82, 2.24) is 14.9 Å². The van der Waals surface area contributed by atoms with Gasteiger partial charge in [-0.2, -0.15) is 0 Å². The minimum Gasteiger partial charge on any atom is -0.461 e. The number of nitrogens with zero attached hydrogens (tertiary/aromatic N) is 3. The van der Waals surface area contributed by atoms with Gasteiger partial charge >= 0.3 is 0 Å². The molecule has 4 heteroatoms. The Morgan fingerprint density at radius 1 is 1.47 bits per heavy atom. The van der Waals surface area contributed by atoms with Crippen LogP contribution in [0.25, 0.3) is 11.6 Å². The third kappa shape index (κ3) is 1.96. The highest BCUT2D eigenvalue weighted by Gasteiger charge is 2.17. The molecule has 0 amide bonds. The van der Waals surface area contributed by atoms with Crippen LogP contribution in [0.15, 0.2) is 29.0 Å². The molecule has 0 spiro atoms. The molecule has 0 fully saturated rings. The van der Waals surface area contributed by atoms with Crippen LogP contribution < -0.4 is 0 Å². The van der Waals surface area contributed by atoms with E-state index in [1.807, 2.05) is 18.3 Å². The maximum absolute atomic E-state index is 5.33. The monoisotopic (exact) mass is 229 g/mol. The van der Waals surface area contributed by atoms with Crippen LogP contribution in [0.1, 0.15) is 18.2 Å². The molecular weight excluding hydrogens is 214 g/mol. The Hall–Kier alpha value is -1.68. The van der Waals surface area contributed by atoms with E-state index < -0.39 is 0 Å². The normalized spacial score (nSPS) is 15.8. The average Bonchev–Trinajstić information content (AvgIpc) is 2.91. The van der Waals surface area contributed by atoms with Gasteiger partial charge in [0.25, 0.3) is 0 Å². The molecule has 3 rings (SSSR count). The number of aromatic nitrogens is 2. The van der Waals surface area contributed by atoms with Crippen LogP contribution in [0.3, 0.4) is 0 Å². The van der Waals surface area contributed by atoms with Crippen molar-refractivity contribution in [1.29, 1.82) is 0 Å². The van der Waals surface area contributed by atoms with E-state index in [2.05, 4.69) is 21.8 Å². The molecule has 17 heavy (non-hydrogen) atoms. The Morgan fingerprint density at radius 2 is 2.41 bits per heavy atom. The minimum atomic E-state index is 0.687. The molecule has 0 bridgehead atoms. The fourth-order valence-electron chi connectivity index (χ4n) is 2.15. The summed E-state index contributed by atoms with van der Waals surface area (Å²) in [6, 6.07) is 3.75. The lowest BCUT2D eigenvalue weighted by Gasteiger charge is -2.26. The van der Waals surface area contributed by atoms with E-state index in [0.29, 0.717) is 5.82 Å². The van der Waals surface area contributed by atoms with Gasteiger partial charge in [0.2, 0.25) is 0 Å². The van der Waals surface area contributed by atoms with Crippen molar-refractivity contribution >= 4 is 0 Å². The second kappa shape index (κ2) is 4.30. The zero-order valence-corrected chi connectivity index (χ0v) is 9.89. The zero-order chi connectivity index (χ0) is 11.7. The molecule has 0 aromatic carbocycles. The molecule has 3 heterocycles. The molecule has 1 aliphatic heterocycles. The molecule has 4 nitrogen and oxygen atoms in total. The Balaban J connectivity index is 1.95. The first kappa shape index (κ1) is 10.5. The molecule has 0 radical (unpaired) electrons. The Morgan fingerprint density at radius 3 is 3.18 bits per heavy atom. The molecule has 1 aliphatic rings. The van der Waals surface area contributed by atoms with Crippen molar-refractivity contribution in [2.24, 2.45) is 0 Å². The van der Waals surface area contributed by atoms with Crippen LogP contribution in [0.5, 0.6) is 0 Å². The number of rotatable bonds is 2. The third-order valence-corrected chi connectivity index (χ3v) is 3.21. The molecule has 2 aromatic heterocycles. The van der Waals surface area contributed by atoms with E-state index in [1.54, 1.807) is 6.26 Å². The van der Waals surface area contributed by atoms with Gasteiger partial charge in [-0.3, -0.25) is 4.90 Å². The number of likely N-dealkylation sites (N-methyl/N-ethyl adjacent to an activating group) is 1. The summed E-state index contributed by atoms with van der Waals surface area (Å²) in [6.07, 6.45) is 4.63. The lowest BCUT2D eigenvalue weighted by atomic mass is 10.1. The maximum atomic E-state index is 5.33. The number of hydrogen-bond donors (Lipinski definition) is 0. The quantitative estimate of drug-likeness (QED) is 0.791. The van der Waals surface area contributed by atoms with Crippen molar-refractivity contribution < 1.29 is 4.42 Å². The lowest BCUT2D eigenvalue weighted by Crippen LogP contribution is -2.31. The molecular formula is C13H15N3O. The molecule has 0 saturated carbocycles. The van der Waals surface area contributed by atoms with E-state index in [4.69, 9.17) is 4.42 Å². The van der Waals surface area contributed by atoms with Crippen molar-refractivity contribution in [2.75, 3.05) is 13.1 Å². The van der Waals surface area contributed by atoms with Gasteiger partial charge in [0.1, 0.15) is 0 Å². The molecule has 0 unspecified atom stereocenters. The molecule has 88 valence electrons. The van der Waals surface area contributed by atoms with Crippen molar-refractivity contribution in [2.45, 2.75) is 19.9 Å². The van der Waals surface area contributed by atoms with Gasteiger partial charge in [-0.05, 0) is 30.7 Å². The number of hydrogen-bond acceptors (Lipinski definition) is 4. The summed E-state index contributed by atoms with van der Waals surface area (Å²) in [5.41, 5.74) is 2.41. The molecule has 2 aromatic rings. The molecule has 0 aliphatic carbocycles. The summed E-state index contributed by atoms with van der Waals surface area (Å²) in [4.78, 5) is 11.4. The predicted molar refractivity (Wildman–Crippen MR) is 64.4 cm³/mol. The van der Waals surface area contributed by atoms with Crippen LogP contribution in [-0.2, 0) is 13.0 Å². The molecule has 0 saturated heterocycles. The predicted octanol–water partition coefficient (Wildman–Crippen LogP) is 2.11. The van der Waals surface area contributed by atoms with Gasteiger partial charge in [0.15, 0.2) is 11.6 Å². The number of fused-ring (bicyclic) bond motifs is 1. The SMILES string of the molecule is CCN1CCc2cnc(-c3ccco3)nc2C1. The van der Waals surface area contributed by atoms with Crippen LogP contribution in [-0.4, -0.2) is 28.0 Å². The fraction of sp³-hybridized carbons (Fsp3) is 0.385. The van der Waals surface area contributed by atoms with Gasteiger partial charge in [0, 0.05) is 19.3 Å². The average molecular weight is 229 g/mol. The summed E-state index contributed by atoms with van der Waals surface area (Å²) in [7, 11) is 0. The van der Waals surface area contributed by atoms with Gasteiger partial charge in [-0.15, -0.1) is 0 Å². The standard InChI is InChI=1S/C13H15N3O/c1-2-16-6-5-10-8-14-13(15-11(10)9-16)12-4-3-7-17-12/h3-4,7-8H,2,5-6,9H2,1H3. The number of furan rings is 1. The van der Waals surface area contributed by atoms with E-state index in [9.17, 15) is 0 Å². The van der Waals surface area contributed by atoms with Crippen molar-refractivity contribution in [3.8, 4) is 11.6 Å². The third-order valence-electron chi connectivity index (χ3n) is 3.21. The summed E-state index contributed by atoms with van der Waals surface area (Å²) in [5.74, 6) is 1.42. The Labute approximate surface area is 100 Å². The maximum Gasteiger partial charge on any atom is 0.195 e. The first-order valence-corrected chi connectivity index (χ1v) is 5.98. The summed E-state index contributed by atoms with van der Waals surface area (Å²) >= 11 is 0. The topological polar surface area (TPSA) is 42.2 Å². The summed E-state index contributed by atoms with van der Waals surface area (Å²) in [5, 5.41) is 0. The van der Waals surface area contributed by atoms with Gasteiger partial charge in [-0.1, -0.05) is 6.92 Å². The zero-order valence-electron chi connectivity index (χ0n) is 9.89.